The second-order valence-electron chi connectivity index (χ2n) is 4.71. The van der Waals surface area contributed by atoms with E-state index < -0.39 is 22.0 Å². The Morgan fingerprint density at radius 1 is 1.29 bits per heavy atom. The van der Waals surface area contributed by atoms with Crippen LogP contribution in [0.2, 0.25) is 0 Å². The summed E-state index contributed by atoms with van der Waals surface area (Å²) in [4.78, 5) is 11.2. The van der Waals surface area contributed by atoms with Crippen molar-refractivity contribution in [2.75, 3.05) is 5.75 Å². The number of unbranched alkanes of at least 4 members (excludes halogenated alkanes) is 1. The summed E-state index contributed by atoms with van der Waals surface area (Å²) in [5, 5.41) is 27.7. The molecule has 1 rings (SSSR count). The highest BCUT2D eigenvalue weighted by molar-refractivity contribution is 7.89. The van der Waals surface area contributed by atoms with Crippen molar-refractivity contribution in [1.82, 2.24) is 4.72 Å². The van der Waals surface area contributed by atoms with Crippen molar-refractivity contribution in [3.8, 4) is 11.5 Å². The van der Waals surface area contributed by atoms with Crippen LogP contribution in [0.3, 0.4) is 0 Å². The Hall–Kier alpha value is -1.80. The average Bonchev–Trinajstić information content (AvgIpc) is 2.39. The Kier molecular flexibility index (Phi) is 5.98. The molecule has 0 fully saturated rings. The lowest BCUT2D eigenvalue weighted by Gasteiger charge is -2.15. The molecular formula is C13H19NO6S. The Balaban J connectivity index is 2.83. The van der Waals surface area contributed by atoms with Gasteiger partial charge in [-0.2, -0.15) is 0 Å². The zero-order valence-electron chi connectivity index (χ0n) is 11.6. The van der Waals surface area contributed by atoms with Gasteiger partial charge in [-0.1, -0.05) is 19.4 Å². The van der Waals surface area contributed by atoms with Crippen LogP contribution < -0.4 is 4.72 Å². The summed E-state index contributed by atoms with van der Waals surface area (Å²) in [7, 11) is -3.67. The number of aromatic hydroxyl groups is 2. The van der Waals surface area contributed by atoms with Gasteiger partial charge in [0.05, 0.1) is 5.75 Å². The van der Waals surface area contributed by atoms with Crippen LogP contribution in [0.5, 0.6) is 11.5 Å². The molecule has 1 unspecified atom stereocenters. The number of benzene rings is 1. The molecule has 0 aliphatic carbocycles. The van der Waals surface area contributed by atoms with E-state index in [2.05, 4.69) is 4.72 Å². The van der Waals surface area contributed by atoms with Gasteiger partial charge in [-0.25, -0.2) is 13.1 Å². The minimum absolute atomic E-state index is 0.130. The summed E-state index contributed by atoms with van der Waals surface area (Å²) in [5.74, 6) is -2.14. The predicted octanol–water partition coefficient (Wildman–Crippen LogP) is 0.813. The second-order valence-corrected chi connectivity index (χ2v) is 6.58. The van der Waals surface area contributed by atoms with Gasteiger partial charge in [0.25, 0.3) is 0 Å². The number of hydrogen-bond acceptors (Lipinski definition) is 5. The molecule has 0 saturated carbocycles. The molecule has 0 aliphatic rings. The highest BCUT2D eigenvalue weighted by atomic mass is 32.2. The fourth-order valence-corrected chi connectivity index (χ4v) is 3.13. The summed E-state index contributed by atoms with van der Waals surface area (Å²) in [6.45, 7) is 1.84. The fourth-order valence-electron chi connectivity index (χ4n) is 1.72. The average molecular weight is 317 g/mol. The Morgan fingerprint density at radius 2 is 1.95 bits per heavy atom. The highest BCUT2D eigenvalue weighted by Gasteiger charge is 2.24. The van der Waals surface area contributed by atoms with Gasteiger partial charge >= 0.3 is 5.97 Å². The number of carboxylic acids is 1. The largest absolute Gasteiger partial charge is 0.504 e. The van der Waals surface area contributed by atoms with E-state index in [1.165, 1.54) is 18.2 Å². The van der Waals surface area contributed by atoms with Gasteiger partial charge in [0.15, 0.2) is 11.5 Å². The number of phenols is 2. The first-order valence-corrected chi connectivity index (χ1v) is 8.14. The highest BCUT2D eigenvalue weighted by Crippen LogP contribution is 2.25. The minimum atomic E-state index is -3.67. The molecule has 0 amide bonds. The molecule has 1 aromatic carbocycles. The minimum Gasteiger partial charge on any atom is -0.504 e. The van der Waals surface area contributed by atoms with Crippen LogP contribution in [0.1, 0.15) is 25.3 Å². The second kappa shape index (κ2) is 7.28. The molecule has 118 valence electrons. The van der Waals surface area contributed by atoms with Crippen molar-refractivity contribution >= 4 is 16.0 Å². The van der Waals surface area contributed by atoms with E-state index in [1.54, 1.807) is 0 Å². The van der Waals surface area contributed by atoms with Gasteiger partial charge in [0.2, 0.25) is 10.0 Å². The van der Waals surface area contributed by atoms with Gasteiger partial charge in [0, 0.05) is 0 Å². The molecule has 0 spiro atoms. The lowest BCUT2D eigenvalue weighted by atomic mass is 10.1. The fraction of sp³-hybridized carbons (Fsp3) is 0.462. The SMILES string of the molecule is CCCCS(=O)(=O)NC(Cc1ccc(O)c(O)c1)C(=O)O. The number of hydrogen-bond donors (Lipinski definition) is 4. The number of carboxylic acid groups (broad SMARTS) is 1. The third kappa shape index (κ3) is 5.60. The van der Waals surface area contributed by atoms with Crippen LogP contribution in [0.25, 0.3) is 0 Å². The van der Waals surface area contributed by atoms with Crippen molar-refractivity contribution in [3.05, 3.63) is 23.8 Å². The molecule has 7 nitrogen and oxygen atoms in total. The van der Waals surface area contributed by atoms with E-state index in [9.17, 15) is 23.4 Å². The third-order valence-electron chi connectivity index (χ3n) is 2.87. The monoisotopic (exact) mass is 317 g/mol. The first kappa shape index (κ1) is 17.3. The summed E-state index contributed by atoms with van der Waals surface area (Å²) in [6, 6.07) is 2.52. The molecule has 0 bridgehead atoms. The summed E-state index contributed by atoms with van der Waals surface area (Å²) in [5.41, 5.74) is 0.399. The van der Waals surface area contributed by atoms with Crippen molar-refractivity contribution < 1.29 is 28.5 Å². The lowest BCUT2D eigenvalue weighted by Crippen LogP contribution is -2.43. The quantitative estimate of drug-likeness (QED) is 0.526. The standard InChI is InChI=1S/C13H19NO6S/c1-2-3-6-21(19,20)14-10(13(17)18)7-9-4-5-11(15)12(16)8-9/h4-5,8,10,14-16H,2-3,6-7H2,1H3,(H,17,18). The molecular weight excluding hydrogens is 298 g/mol. The smallest absolute Gasteiger partial charge is 0.322 e. The summed E-state index contributed by atoms with van der Waals surface area (Å²) < 4.78 is 25.6. The van der Waals surface area contributed by atoms with E-state index in [0.717, 1.165) is 0 Å². The van der Waals surface area contributed by atoms with Crippen molar-refractivity contribution in [2.24, 2.45) is 0 Å². The number of nitrogens with one attached hydrogen (secondary N) is 1. The van der Waals surface area contributed by atoms with Crippen molar-refractivity contribution in [2.45, 2.75) is 32.2 Å². The van der Waals surface area contributed by atoms with Gasteiger partial charge < -0.3 is 15.3 Å². The molecule has 0 radical (unpaired) electrons. The molecule has 0 saturated heterocycles. The molecule has 4 N–H and O–H groups in total. The van der Waals surface area contributed by atoms with Crippen LogP contribution >= 0.6 is 0 Å². The normalized spacial score (nSPS) is 13.0. The maximum Gasteiger partial charge on any atom is 0.322 e. The molecule has 1 atom stereocenters. The maximum absolute atomic E-state index is 11.8. The number of rotatable bonds is 8. The first-order chi connectivity index (χ1) is 9.75. The van der Waals surface area contributed by atoms with Crippen LogP contribution in [0, 0.1) is 0 Å². The summed E-state index contributed by atoms with van der Waals surface area (Å²) in [6.07, 6.45) is 1.00. The number of phenolic OH excluding ortho intramolecular Hbond substituents is 2. The zero-order valence-corrected chi connectivity index (χ0v) is 12.4. The van der Waals surface area contributed by atoms with Crippen LogP contribution in [0.15, 0.2) is 18.2 Å². The Morgan fingerprint density at radius 3 is 2.48 bits per heavy atom. The third-order valence-corrected chi connectivity index (χ3v) is 4.34. The molecule has 8 heteroatoms. The topological polar surface area (TPSA) is 124 Å². The first-order valence-electron chi connectivity index (χ1n) is 6.49. The van der Waals surface area contributed by atoms with Crippen LogP contribution in [-0.4, -0.2) is 41.5 Å². The van der Waals surface area contributed by atoms with Crippen LogP contribution in [0.4, 0.5) is 0 Å². The van der Waals surface area contributed by atoms with Gasteiger partial charge in [-0.15, -0.1) is 0 Å². The summed E-state index contributed by atoms with van der Waals surface area (Å²) >= 11 is 0. The number of carbonyl (C=O) groups is 1. The number of sulfonamides is 1. The van der Waals surface area contributed by atoms with E-state index in [-0.39, 0.29) is 23.7 Å². The van der Waals surface area contributed by atoms with E-state index in [1.807, 2.05) is 6.92 Å². The zero-order chi connectivity index (χ0) is 16.0. The van der Waals surface area contributed by atoms with E-state index in [4.69, 9.17) is 5.11 Å². The van der Waals surface area contributed by atoms with Crippen molar-refractivity contribution in [1.29, 1.82) is 0 Å². The van der Waals surface area contributed by atoms with Gasteiger partial charge in [-0.3, -0.25) is 4.79 Å². The van der Waals surface area contributed by atoms with Crippen molar-refractivity contribution in [3.63, 3.8) is 0 Å². The van der Waals surface area contributed by atoms with E-state index in [0.29, 0.717) is 18.4 Å². The maximum atomic E-state index is 11.8. The van der Waals surface area contributed by atoms with Gasteiger partial charge in [-0.05, 0) is 30.5 Å². The molecule has 1 aromatic rings. The number of aliphatic carboxylic acids is 1. The molecule has 0 heterocycles. The predicted molar refractivity (Wildman–Crippen MR) is 76.7 cm³/mol. The molecule has 0 aromatic heterocycles. The Labute approximate surface area is 123 Å². The Bertz CT molecular complexity index is 599. The van der Waals surface area contributed by atoms with E-state index >= 15 is 0 Å². The van der Waals surface area contributed by atoms with Crippen LogP contribution in [-0.2, 0) is 21.2 Å². The van der Waals surface area contributed by atoms with Gasteiger partial charge in [0.1, 0.15) is 6.04 Å². The lowest BCUT2D eigenvalue weighted by molar-refractivity contribution is -0.138. The molecule has 21 heavy (non-hydrogen) atoms. The molecule has 0 aliphatic heterocycles.